The Kier molecular flexibility index (Phi) is 136. The van der Waals surface area contributed by atoms with Crippen molar-refractivity contribution < 1.29 is 4.21 Å². The largest absolute Gasteiger partial charge is 0.197 e. The van der Waals surface area contributed by atoms with Crippen LogP contribution in [-0.4, -0.2) is 44.7 Å². The minimum absolute atomic E-state index is 0. The molecule has 1 nitrogen and oxygen atoms in total. The maximum Gasteiger partial charge on any atom is 0.197 e. The van der Waals surface area contributed by atoms with Crippen molar-refractivity contribution in [2.75, 3.05) is 0 Å². The fraction of sp³-hybridized carbons (Fsp3) is 0. The zero-order chi connectivity index (χ0) is 2.00. The van der Waals surface area contributed by atoms with Crippen molar-refractivity contribution >= 4 is 53.1 Å². The van der Waals surface area contributed by atoms with Crippen LogP contribution in [0.3, 0.4) is 0 Å². The molecule has 17 valence electrons. The molecule has 0 unspecified atom stereocenters. The smallest absolute Gasteiger partial charge is 0.197 e. The fourth-order valence-corrected chi connectivity index (χ4v) is 0. The molecule has 0 rings (SSSR count). The van der Waals surface area contributed by atoms with Crippen LogP contribution in [0, 0.1) is 0 Å². The van der Waals surface area contributed by atoms with E-state index in [2.05, 4.69) is 12.5 Å². The third kappa shape index (κ3) is 10.6. The van der Waals surface area contributed by atoms with E-state index < -0.39 is 0 Å². The first-order valence-corrected chi connectivity index (χ1v) is 0.500. The van der Waals surface area contributed by atoms with Gasteiger partial charge in [0.2, 0.25) is 0 Å². The molecule has 0 saturated carbocycles. The maximum absolute atomic E-state index is 7.83. The van der Waals surface area contributed by atoms with Gasteiger partial charge in [0.15, 0.2) is 12.5 Å². The predicted octanol–water partition coefficient (Wildman–Crippen LogP) is -1.10. The van der Waals surface area contributed by atoms with Crippen molar-refractivity contribution in [2.24, 2.45) is 0 Å². The molecule has 0 amide bonds. The van der Waals surface area contributed by atoms with Gasteiger partial charge in [0.05, 0.1) is 0 Å². The van der Waals surface area contributed by atoms with Crippen LogP contribution in [0.25, 0.3) is 0 Å². The van der Waals surface area contributed by atoms with E-state index in [-0.39, 0.29) is 40.5 Å². The molecule has 0 aliphatic rings. The summed E-state index contributed by atoms with van der Waals surface area (Å²) in [6, 6.07) is 0. The minimum atomic E-state index is 0. The average molecular weight is 99.1 g/mol. The van der Waals surface area contributed by atoms with E-state index in [0.29, 0.717) is 0 Å². The Morgan fingerprint density at radius 1 is 1.25 bits per heavy atom. The van der Waals surface area contributed by atoms with E-state index in [9.17, 15) is 0 Å². The molecule has 0 bridgehead atoms. The zero-order valence-corrected chi connectivity index (χ0v) is 6.13. The molecule has 0 saturated heterocycles. The van der Waals surface area contributed by atoms with Gasteiger partial charge in [-0.1, -0.05) is 0 Å². The molecule has 0 fully saturated rings. The Morgan fingerprint density at radius 3 is 1.25 bits per heavy atom. The van der Waals surface area contributed by atoms with E-state index >= 15 is 0 Å². The molecule has 0 atom stereocenters. The van der Waals surface area contributed by atoms with Crippen LogP contribution < -0.4 is 0 Å². The molecule has 0 aromatic heterocycles. The monoisotopic (exact) mass is 98.9 g/mol. The summed E-state index contributed by atoms with van der Waals surface area (Å²) in [6.07, 6.45) is 0. The second-order valence-electron chi connectivity index (χ2n) is 0. The second-order valence-corrected chi connectivity index (χ2v) is 0. The summed E-state index contributed by atoms with van der Waals surface area (Å²) in [4.78, 5) is 0. The molecule has 4 heavy (non-hydrogen) atoms. The van der Waals surface area contributed by atoms with Crippen LogP contribution in [-0.2, 0) is 12.5 Å². The first kappa shape index (κ1) is 18.8. The predicted molar refractivity (Wildman–Crippen MR) is 19.7 cm³/mol. The zero-order valence-electron chi connectivity index (χ0n) is 2.32. The Labute approximate surface area is 57.0 Å². The summed E-state index contributed by atoms with van der Waals surface area (Å²) in [5.41, 5.74) is 0. The standard InChI is InChI=1S/Na.OS.Si/c;1-2;. The van der Waals surface area contributed by atoms with Gasteiger partial charge in [0, 0.05) is 40.5 Å². The molecule has 0 aliphatic carbocycles. The van der Waals surface area contributed by atoms with E-state index in [1.165, 1.54) is 0 Å². The van der Waals surface area contributed by atoms with Crippen LogP contribution in [0.5, 0.6) is 0 Å². The van der Waals surface area contributed by atoms with Gasteiger partial charge in [-0.25, -0.2) is 0 Å². The first-order valence-electron chi connectivity index (χ1n) is 0.167. The molecule has 0 heterocycles. The topological polar surface area (TPSA) is 17.1 Å². The fourth-order valence-electron chi connectivity index (χ4n) is 0. The third-order valence-corrected chi connectivity index (χ3v) is 0. The van der Waals surface area contributed by atoms with Crippen LogP contribution in [0.1, 0.15) is 0 Å². The van der Waals surface area contributed by atoms with Gasteiger partial charge in [0.25, 0.3) is 0 Å². The average Bonchev–Trinajstić information content (AvgIpc) is 1.00. The molecule has 0 aromatic carbocycles. The Hall–Kier alpha value is 1.24. The summed E-state index contributed by atoms with van der Waals surface area (Å²) in [6.45, 7) is 0. The van der Waals surface area contributed by atoms with Crippen molar-refractivity contribution in [2.45, 2.75) is 0 Å². The molecule has 0 aliphatic heterocycles. The summed E-state index contributed by atoms with van der Waals surface area (Å²) in [5, 5.41) is 0. The van der Waals surface area contributed by atoms with Crippen LogP contribution in [0.2, 0.25) is 0 Å². The SMILES string of the molecule is O=S.[Na].[Si]. The summed E-state index contributed by atoms with van der Waals surface area (Å²) >= 11 is 2.83. The van der Waals surface area contributed by atoms with Gasteiger partial charge in [-0.15, -0.1) is 0 Å². The maximum atomic E-state index is 7.83. The van der Waals surface area contributed by atoms with E-state index in [1.54, 1.807) is 0 Å². The molecule has 0 N–H and O–H groups in total. The molecule has 0 spiro atoms. The molecular weight excluding hydrogens is 99.1 g/mol. The van der Waals surface area contributed by atoms with Crippen molar-refractivity contribution in [1.29, 1.82) is 0 Å². The number of hydrogen-bond donors (Lipinski definition) is 0. The Morgan fingerprint density at radius 2 is 1.25 bits per heavy atom. The van der Waals surface area contributed by atoms with E-state index in [1.807, 2.05) is 0 Å². The van der Waals surface area contributed by atoms with Gasteiger partial charge in [-0.2, -0.15) is 4.21 Å². The van der Waals surface area contributed by atoms with Crippen molar-refractivity contribution in [3.05, 3.63) is 0 Å². The first-order chi connectivity index (χ1) is 1.00. The van der Waals surface area contributed by atoms with Crippen LogP contribution in [0.4, 0.5) is 0 Å². The van der Waals surface area contributed by atoms with Crippen LogP contribution >= 0.6 is 0 Å². The Bertz CT molecular complexity index is 8.00. The van der Waals surface area contributed by atoms with Crippen molar-refractivity contribution in [1.82, 2.24) is 0 Å². The summed E-state index contributed by atoms with van der Waals surface area (Å²) in [5.74, 6) is 0. The van der Waals surface area contributed by atoms with Crippen molar-refractivity contribution in [3.63, 3.8) is 0 Å². The van der Waals surface area contributed by atoms with E-state index in [4.69, 9.17) is 4.21 Å². The molecule has 0 aromatic rings. The normalized spacial score (nSPS) is 1.00. The third-order valence-electron chi connectivity index (χ3n) is 0. The number of hydrogen-bond acceptors (Lipinski definition) is 2. The minimum Gasteiger partial charge on any atom is -0.197 e. The number of rotatable bonds is 0. The Balaban J connectivity index is -0.00000000500. The second kappa shape index (κ2) is 29.0. The summed E-state index contributed by atoms with van der Waals surface area (Å²) in [7, 11) is 0. The quantitative estimate of drug-likeness (QED) is 0.359. The van der Waals surface area contributed by atoms with Gasteiger partial charge < -0.3 is 0 Å². The van der Waals surface area contributed by atoms with Gasteiger partial charge in [0.1, 0.15) is 0 Å². The van der Waals surface area contributed by atoms with Gasteiger partial charge in [-0.05, 0) is 0 Å². The molecule has 4 heteroatoms. The molecule has 5 radical (unpaired) electrons. The van der Waals surface area contributed by atoms with Gasteiger partial charge in [-0.3, -0.25) is 0 Å². The summed E-state index contributed by atoms with van der Waals surface area (Å²) < 4.78 is 7.83. The van der Waals surface area contributed by atoms with Gasteiger partial charge >= 0.3 is 0 Å². The van der Waals surface area contributed by atoms with Crippen molar-refractivity contribution in [3.8, 4) is 0 Å². The molecular formula is NaOSSi. The van der Waals surface area contributed by atoms with Crippen LogP contribution in [0.15, 0.2) is 0 Å². The van der Waals surface area contributed by atoms with E-state index in [0.717, 1.165) is 0 Å².